The van der Waals surface area contributed by atoms with Crippen LogP contribution < -0.4 is 10.1 Å². The van der Waals surface area contributed by atoms with Gasteiger partial charge in [0.1, 0.15) is 5.75 Å². The number of rotatable bonds is 5. The van der Waals surface area contributed by atoms with E-state index in [0.29, 0.717) is 11.6 Å². The molecule has 22 heavy (non-hydrogen) atoms. The van der Waals surface area contributed by atoms with Gasteiger partial charge in [-0.1, -0.05) is 41.9 Å². The van der Waals surface area contributed by atoms with Gasteiger partial charge in [-0.2, -0.15) is 0 Å². The van der Waals surface area contributed by atoms with Crippen molar-refractivity contribution in [2.24, 2.45) is 0 Å². The topological polar surface area (TPSA) is 38.3 Å². The number of halogens is 1. The lowest BCUT2D eigenvalue weighted by atomic mass is 10.1. The first-order chi connectivity index (χ1) is 10.6. The number of methoxy groups -OCH3 is 1. The van der Waals surface area contributed by atoms with Crippen molar-refractivity contribution < 1.29 is 9.53 Å². The summed E-state index contributed by atoms with van der Waals surface area (Å²) < 4.78 is 5.25. The molecule has 0 aromatic heterocycles. The molecule has 0 aliphatic rings. The minimum atomic E-state index is -0.164. The largest absolute Gasteiger partial charge is 0.496 e. The fourth-order valence-corrected chi connectivity index (χ4v) is 2.16. The fraction of sp³-hybridized carbons (Fsp3) is 0.167. The maximum atomic E-state index is 11.9. The van der Waals surface area contributed by atoms with E-state index in [1.165, 1.54) is 6.08 Å². The van der Waals surface area contributed by atoms with Gasteiger partial charge in [-0.05, 0) is 36.3 Å². The highest BCUT2D eigenvalue weighted by Gasteiger charge is 2.03. The zero-order valence-corrected chi connectivity index (χ0v) is 13.4. The lowest BCUT2D eigenvalue weighted by Crippen LogP contribution is -2.20. The number of hydrogen-bond donors (Lipinski definition) is 1. The van der Waals surface area contributed by atoms with Crippen molar-refractivity contribution in [1.82, 2.24) is 5.32 Å². The molecule has 1 N–H and O–H groups in total. The number of benzene rings is 2. The van der Waals surface area contributed by atoms with E-state index in [1.807, 2.05) is 49.4 Å². The third kappa shape index (κ3) is 4.37. The van der Waals surface area contributed by atoms with Crippen LogP contribution in [0.1, 0.15) is 16.7 Å². The van der Waals surface area contributed by atoms with E-state index in [-0.39, 0.29) is 5.91 Å². The molecule has 0 saturated carbocycles. The highest BCUT2D eigenvalue weighted by atomic mass is 35.5. The number of nitrogens with one attached hydrogen (secondary N) is 1. The van der Waals surface area contributed by atoms with Gasteiger partial charge in [0.25, 0.3) is 0 Å². The van der Waals surface area contributed by atoms with E-state index in [1.54, 1.807) is 13.2 Å². The molecule has 0 spiro atoms. The summed E-state index contributed by atoms with van der Waals surface area (Å²) in [6.45, 7) is 2.36. The third-order valence-electron chi connectivity index (χ3n) is 3.27. The minimum absolute atomic E-state index is 0.164. The van der Waals surface area contributed by atoms with Crippen molar-refractivity contribution in [3.63, 3.8) is 0 Å². The van der Waals surface area contributed by atoms with Gasteiger partial charge < -0.3 is 10.1 Å². The number of para-hydroxylation sites is 1. The lowest BCUT2D eigenvalue weighted by molar-refractivity contribution is -0.116. The van der Waals surface area contributed by atoms with Crippen LogP contribution in [0, 0.1) is 6.92 Å². The number of carbonyl (C=O) groups is 1. The van der Waals surface area contributed by atoms with Gasteiger partial charge in [-0.3, -0.25) is 4.79 Å². The first-order valence-corrected chi connectivity index (χ1v) is 7.32. The molecule has 0 heterocycles. The number of carbonyl (C=O) groups excluding carboxylic acids is 1. The van der Waals surface area contributed by atoms with Crippen LogP contribution in [0.25, 0.3) is 6.08 Å². The Hall–Kier alpha value is -2.26. The molecule has 3 nitrogen and oxygen atoms in total. The second-order valence-electron chi connectivity index (χ2n) is 4.87. The van der Waals surface area contributed by atoms with Crippen LogP contribution in [0.2, 0.25) is 5.02 Å². The van der Waals surface area contributed by atoms with E-state index in [2.05, 4.69) is 5.32 Å². The van der Waals surface area contributed by atoms with Crippen molar-refractivity contribution in [1.29, 1.82) is 0 Å². The molecule has 0 aliphatic carbocycles. The van der Waals surface area contributed by atoms with E-state index in [9.17, 15) is 4.79 Å². The molecule has 0 radical (unpaired) electrons. The Balaban J connectivity index is 1.95. The van der Waals surface area contributed by atoms with Gasteiger partial charge in [0.05, 0.1) is 7.11 Å². The number of aryl methyl sites for hydroxylation is 1. The summed E-state index contributed by atoms with van der Waals surface area (Å²) in [7, 11) is 1.61. The molecule has 0 atom stereocenters. The van der Waals surface area contributed by atoms with Gasteiger partial charge in [0, 0.05) is 23.2 Å². The Morgan fingerprint density at radius 3 is 2.77 bits per heavy atom. The smallest absolute Gasteiger partial charge is 0.244 e. The molecule has 0 saturated heterocycles. The van der Waals surface area contributed by atoms with Crippen LogP contribution in [0.5, 0.6) is 5.75 Å². The van der Waals surface area contributed by atoms with E-state index in [4.69, 9.17) is 16.3 Å². The SMILES string of the molecule is COc1ccccc1CNC(=O)/C=C/c1ccc(C)c(Cl)c1. The Kier molecular flexibility index (Phi) is 5.61. The minimum Gasteiger partial charge on any atom is -0.496 e. The zero-order valence-electron chi connectivity index (χ0n) is 12.6. The average molecular weight is 316 g/mol. The van der Waals surface area contributed by atoms with Crippen LogP contribution >= 0.6 is 11.6 Å². The molecular weight excluding hydrogens is 298 g/mol. The Labute approximate surface area is 135 Å². The standard InChI is InChI=1S/C18H18ClNO2/c1-13-7-8-14(11-16(13)19)9-10-18(21)20-12-15-5-3-4-6-17(15)22-2/h3-11H,12H2,1-2H3,(H,20,21)/b10-9+. The average Bonchev–Trinajstić information content (AvgIpc) is 2.54. The molecule has 114 valence electrons. The maximum Gasteiger partial charge on any atom is 0.244 e. The van der Waals surface area contributed by atoms with E-state index < -0.39 is 0 Å². The molecule has 2 aromatic rings. The van der Waals surface area contributed by atoms with Crippen molar-refractivity contribution in [2.75, 3.05) is 7.11 Å². The van der Waals surface area contributed by atoms with Gasteiger partial charge in [0.2, 0.25) is 5.91 Å². The van der Waals surface area contributed by atoms with Crippen molar-refractivity contribution in [3.05, 3.63) is 70.3 Å². The number of ether oxygens (including phenoxy) is 1. The summed E-state index contributed by atoms with van der Waals surface area (Å²) in [4.78, 5) is 11.9. The molecule has 0 fully saturated rings. The summed E-state index contributed by atoms with van der Waals surface area (Å²) in [6.07, 6.45) is 3.24. The summed E-state index contributed by atoms with van der Waals surface area (Å²) in [6, 6.07) is 13.3. The molecule has 0 bridgehead atoms. The first-order valence-electron chi connectivity index (χ1n) is 6.94. The van der Waals surface area contributed by atoms with Gasteiger partial charge in [-0.15, -0.1) is 0 Å². The van der Waals surface area contributed by atoms with Crippen molar-refractivity contribution in [2.45, 2.75) is 13.5 Å². The quantitative estimate of drug-likeness (QED) is 0.847. The van der Waals surface area contributed by atoms with Crippen LogP contribution in [0.15, 0.2) is 48.5 Å². The van der Waals surface area contributed by atoms with Crippen LogP contribution in [0.3, 0.4) is 0 Å². The van der Waals surface area contributed by atoms with Crippen molar-refractivity contribution >= 4 is 23.6 Å². The van der Waals surface area contributed by atoms with Crippen LogP contribution in [0.4, 0.5) is 0 Å². The Morgan fingerprint density at radius 1 is 1.27 bits per heavy atom. The monoisotopic (exact) mass is 315 g/mol. The fourth-order valence-electron chi connectivity index (χ4n) is 1.97. The Bertz CT molecular complexity index is 695. The molecular formula is C18H18ClNO2. The highest BCUT2D eigenvalue weighted by molar-refractivity contribution is 6.31. The summed E-state index contributed by atoms with van der Waals surface area (Å²) in [5.41, 5.74) is 2.84. The molecule has 0 unspecified atom stereocenters. The summed E-state index contributed by atoms with van der Waals surface area (Å²) in [5, 5.41) is 3.52. The predicted octanol–water partition coefficient (Wildman–Crippen LogP) is 3.99. The van der Waals surface area contributed by atoms with Gasteiger partial charge in [-0.25, -0.2) is 0 Å². The number of hydrogen-bond acceptors (Lipinski definition) is 2. The predicted molar refractivity (Wildman–Crippen MR) is 90.1 cm³/mol. The van der Waals surface area contributed by atoms with Gasteiger partial charge >= 0.3 is 0 Å². The van der Waals surface area contributed by atoms with E-state index in [0.717, 1.165) is 22.4 Å². The molecule has 2 rings (SSSR count). The zero-order chi connectivity index (χ0) is 15.9. The molecule has 0 aliphatic heterocycles. The lowest BCUT2D eigenvalue weighted by Gasteiger charge is -2.08. The summed E-state index contributed by atoms with van der Waals surface area (Å²) in [5.74, 6) is 0.597. The maximum absolute atomic E-state index is 11.9. The second kappa shape index (κ2) is 7.66. The number of amides is 1. The van der Waals surface area contributed by atoms with Gasteiger partial charge in [0.15, 0.2) is 0 Å². The highest BCUT2D eigenvalue weighted by Crippen LogP contribution is 2.18. The van der Waals surface area contributed by atoms with Crippen LogP contribution in [-0.4, -0.2) is 13.0 Å². The normalized spacial score (nSPS) is 10.7. The second-order valence-corrected chi connectivity index (χ2v) is 5.28. The molecule has 2 aromatic carbocycles. The third-order valence-corrected chi connectivity index (χ3v) is 3.68. The van der Waals surface area contributed by atoms with Crippen molar-refractivity contribution in [3.8, 4) is 5.75 Å². The first kappa shape index (κ1) is 16.1. The molecule has 1 amide bonds. The Morgan fingerprint density at radius 2 is 2.05 bits per heavy atom. The summed E-state index contributed by atoms with van der Waals surface area (Å²) >= 11 is 6.06. The van der Waals surface area contributed by atoms with E-state index >= 15 is 0 Å². The van der Waals surface area contributed by atoms with Crippen LogP contribution in [-0.2, 0) is 11.3 Å². The molecule has 4 heteroatoms.